The number of hydrogen-bond acceptors (Lipinski definition) is 3. The molecule has 3 heterocycles. The predicted octanol–water partition coefficient (Wildman–Crippen LogP) is 13.3. The van der Waals surface area contributed by atoms with Crippen molar-refractivity contribution in [3.05, 3.63) is 192 Å². The third kappa shape index (κ3) is 4.98. The number of aliphatic imine (C=N–C) groups is 1. The molecule has 5 heteroatoms. The molecule has 3 aromatic heterocycles. The number of nitrogens with zero attached hydrogens (tertiary/aromatic N) is 3. The van der Waals surface area contributed by atoms with Gasteiger partial charge < -0.3 is 9.13 Å². The van der Waals surface area contributed by atoms with Crippen LogP contribution < -0.4 is 0 Å². The molecule has 11 rings (SSSR count). The molecule has 0 saturated carbocycles. The van der Waals surface area contributed by atoms with E-state index < -0.39 is 0 Å². The first kappa shape index (κ1) is 32.4. The molecule has 1 N–H and O–H groups in total. The minimum atomic E-state index is 0.442. The maximum absolute atomic E-state index is 9.45. The van der Waals surface area contributed by atoms with E-state index in [1.165, 1.54) is 59.3 Å². The lowest BCUT2D eigenvalue weighted by molar-refractivity contribution is 1.18. The monoisotopic (exact) mass is 734 g/mol. The molecule has 10 aromatic rings. The Bertz CT molecular complexity index is 3320. The predicted molar refractivity (Wildman–Crippen MR) is 239 cm³/mol. The fourth-order valence-corrected chi connectivity index (χ4v) is 9.69. The molecule has 0 aliphatic heterocycles. The molecule has 4 nitrogen and oxygen atoms in total. The molecule has 1 aliphatic rings. The Hall–Kier alpha value is -7.08. The van der Waals surface area contributed by atoms with E-state index >= 15 is 0 Å². The van der Waals surface area contributed by atoms with Crippen molar-refractivity contribution in [2.45, 2.75) is 0 Å². The molecule has 0 fully saturated rings. The molecule has 0 unspecified atom stereocenters. The average Bonchev–Trinajstić information content (AvgIpc) is 3.93. The second kappa shape index (κ2) is 12.8. The summed E-state index contributed by atoms with van der Waals surface area (Å²) in [6.07, 6.45) is 4.25. The van der Waals surface area contributed by atoms with Crippen LogP contribution in [0.2, 0.25) is 0 Å². The topological polar surface area (TPSA) is 46.1 Å². The minimum absolute atomic E-state index is 0.442. The van der Waals surface area contributed by atoms with Gasteiger partial charge in [-0.3, -0.25) is 10.4 Å². The molecular formula is C51H34N4S. The van der Waals surface area contributed by atoms with E-state index in [1.54, 1.807) is 18.4 Å². The first-order valence-electron chi connectivity index (χ1n) is 18.8. The van der Waals surface area contributed by atoms with Gasteiger partial charge in [0.1, 0.15) is 0 Å². The average molecular weight is 735 g/mol. The first-order valence-corrected chi connectivity index (χ1v) is 19.7. The number of allylic oxidation sites excluding steroid dienone is 4. The van der Waals surface area contributed by atoms with Gasteiger partial charge in [-0.1, -0.05) is 103 Å². The first-order chi connectivity index (χ1) is 27.6. The minimum Gasteiger partial charge on any atom is -0.309 e. The van der Waals surface area contributed by atoms with Gasteiger partial charge >= 0.3 is 0 Å². The van der Waals surface area contributed by atoms with Gasteiger partial charge in [-0.15, -0.1) is 11.3 Å². The van der Waals surface area contributed by atoms with Gasteiger partial charge in [0.05, 0.1) is 33.5 Å². The molecular weight excluding hydrogens is 701 g/mol. The molecule has 0 amide bonds. The van der Waals surface area contributed by atoms with Crippen LogP contribution in [-0.2, 0) is 0 Å². The van der Waals surface area contributed by atoms with E-state index in [-0.39, 0.29) is 0 Å². The number of para-hydroxylation sites is 4. The third-order valence-corrected chi connectivity index (χ3v) is 12.4. The van der Waals surface area contributed by atoms with E-state index in [9.17, 15) is 5.41 Å². The van der Waals surface area contributed by atoms with Crippen LogP contribution in [0.4, 0.5) is 0 Å². The summed E-state index contributed by atoms with van der Waals surface area (Å²) in [5, 5.41) is 15.5. The largest absolute Gasteiger partial charge is 0.309 e. The Labute approximate surface area is 327 Å². The molecule has 264 valence electrons. The quantitative estimate of drug-likeness (QED) is 0.171. The lowest BCUT2D eigenvalue weighted by Crippen LogP contribution is -2.19. The SMILES string of the molecule is CN=C1C(=N)C(c2ccc3c(c2)c2ccccc2n3-c2ccccc2)=CC=C1c1cc2cc(-c3ccc4c(c3)c3ccccc3n4-c3ccccc3)ccc2s1. The van der Waals surface area contributed by atoms with Gasteiger partial charge in [0.15, 0.2) is 0 Å². The number of fused-ring (bicyclic) bond motifs is 7. The number of rotatable bonds is 5. The van der Waals surface area contributed by atoms with Crippen molar-refractivity contribution in [3.8, 4) is 22.5 Å². The zero-order valence-electron chi connectivity index (χ0n) is 30.6. The lowest BCUT2D eigenvalue weighted by atomic mass is 9.88. The second-order valence-electron chi connectivity index (χ2n) is 14.3. The third-order valence-electron chi connectivity index (χ3n) is 11.2. The van der Waals surface area contributed by atoms with Crippen molar-refractivity contribution in [2.75, 3.05) is 7.05 Å². The number of thiophene rings is 1. The van der Waals surface area contributed by atoms with E-state index in [4.69, 9.17) is 4.99 Å². The number of benzene rings is 7. The second-order valence-corrected chi connectivity index (χ2v) is 15.4. The summed E-state index contributed by atoms with van der Waals surface area (Å²) in [7, 11) is 1.80. The van der Waals surface area contributed by atoms with Crippen LogP contribution in [0.25, 0.3) is 87.3 Å². The highest BCUT2D eigenvalue weighted by Crippen LogP contribution is 2.40. The van der Waals surface area contributed by atoms with Crippen molar-refractivity contribution >= 4 is 87.6 Å². The zero-order chi connectivity index (χ0) is 37.3. The molecule has 0 radical (unpaired) electrons. The standard InChI is InChI=1S/C51H34N4S/c1-53-51-41(24-23-38(50(51)52)34-21-26-47-43(30-34)40-17-9-11-19-45(40)55(47)37-14-6-3-7-15-37)49-31-35-28-32(22-27-48(35)56-49)33-20-25-46-42(29-33)39-16-8-10-18-44(39)54(46)36-12-4-2-5-13-36/h2-31,52H,1H3. The number of hydrogen-bond donors (Lipinski definition) is 1. The Morgan fingerprint density at radius 1 is 0.464 bits per heavy atom. The van der Waals surface area contributed by atoms with E-state index in [2.05, 4.69) is 191 Å². The summed E-state index contributed by atoms with van der Waals surface area (Å²) in [4.78, 5) is 5.83. The van der Waals surface area contributed by atoms with Crippen LogP contribution in [0.3, 0.4) is 0 Å². The summed E-state index contributed by atoms with van der Waals surface area (Å²) in [6.45, 7) is 0. The molecule has 0 bridgehead atoms. The molecule has 0 spiro atoms. The fourth-order valence-electron chi connectivity index (χ4n) is 8.62. The Kier molecular flexibility index (Phi) is 7.37. The smallest absolute Gasteiger partial charge is 0.0913 e. The van der Waals surface area contributed by atoms with Crippen molar-refractivity contribution < 1.29 is 0 Å². The van der Waals surface area contributed by atoms with Crippen LogP contribution in [0.5, 0.6) is 0 Å². The Balaban J connectivity index is 0.968. The van der Waals surface area contributed by atoms with Crippen molar-refractivity contribution in [3.63, 3.8) is 0 Å². The van der Waals surface area contributed by atoms with Gasteiger partial charge in [-0.05, 0) is 101 Å². The van der Waals surface area contributed by atoms with Crippen molar-refractivity contribution in [1.29, 1.82) is 5.41 Å². The Morgan fingerprint density at radius 2 is 0.964 bits per heavy atom. The summed E-state index contributed by atoms with van der Waals surface area (Å²) in [5.41, 5.74) is 13.4. The van der Waals surface area contributed by atoms with Gasteiger partial charge in [0.2, 0.25) is 0 Å². The van der Waals surface area contributed by atoms with Crippen LogP contribution in [0.15, 0.2) is 187 Å². The van der Waals surface area contributed by atoms with Gasteiger partial charge in [-0.25, -0.2) is 0 Å². The fraction of sp³-hybridized carbons (Fsp3) is 0.0196. The van der Waals surface area contributed by atoms with Crippen LogP contribution >= 0.6 is 11.3 Å². The van der Waals surface area contributed by atoms with Crippen LogP contribution in [-0.4, -0.2) is 27.6 Å². The van der Waals surface area contributed by atoms with Crippen LogP contribution in [0, 0.1) is 5.41 Å². The molecule has 56 heavy (non-hydrogen) atoms. The van der Waals surface area contributed by atoms with E-state index in [0.29, 0.717) is 11.4 Å². The van der Waals surface area contributed by atoms with Gasteiger partial charge in [-0.2, -0.15) is 0 Å². The summed E-state index contributed by atoms with van der Waals surface area (Å²) in [6, 6.07) is 60.8. The highest BCUT2D eigenvalue weighted by atomic mass is 32.1. The summed E-state index contributed by atoms with van der Waals surface area (Å²) < 4.78 is 5.89. The van der Waals surface area contributed by atoms with Crippen LogP contribution in [0.1, 0.15) is 10.4 Å². The molecule has 0 saturated heterocycles. The van der Waals surface area contributed by atoms with E-state index in [1.807, 2.05) is 0 Å². The van der Waals surface area contributed by atoms with Crippen molar-refractivity contribution in [2.24, 2.45) is 4.99 Å². The molecule has 0 atom stereocenters. The van der Waals surface area contributed by atoms with Crippen molar-refractivity contribution in [1.82, 2.24) is 9.13 Å². The molecule has 7 aromatic carbocycles. The maximum atomic E-state index is 9.45. The maximum Gasteiger partial charge on any atom is 0.0913 e. The van der Waals surface area contributed by atoms with E-state index in [0.717, 1.165) is 38.5 Å². The van der Waals surface area contributed by atoms with Gasteiger partial charge in [0, 0.05) is 60.7 Å². The lowest BCUT2D eigenvalue weighted by Gasteiger charge is -2.18. The highest BCUT2D eigenvalue weighted by Gasteiger charge is 2.25. The summed E-state index contributed by atoms with van der Waals surface area (Å²) in [5.74, 6) is 0. The normalized spacial score (nSPS) is 14.1. The van der Waals surface area contributed by atoms with Gasteiger partial charge in [0.25, 0.3) is 0 Å². The molecule has 1 aliphatic carbocycles. The summed E-state index contributed by atoms with van der Waals surface area (Å²) >= 11 is 1.75. The zero-order valence-corrected chi connectivity index (χ0v) is 31.4. The highest BCUT2D eigenvalue weighted by molar-refractivity contribution is 7.20. The Morgan fingerprint density at radius 3 is 1.59 bits per heavy atom. The number of aromatic nitrogens is 2. The number of nitrogens with one attached hydrogen (secondary N) is 1.